The third-order valence-corrected chi connectivity index (χ3v) is 5.06. The molecule has 2 N–H and O–H groups in total. The molecule has 150 valence electrons. The van der Waals surface area contributed by atoms with Crippen LogP contribution in [0.5, 0.6) is 5.75 Å². The lowest BCUT2D eigenvalue weighted by molar-refractivity contribution is -0.139. The van der Waals surface area contributed by atoms with Gasteiger partial charge in [-0.05, 0) is 25.5 Å². The number of aromatic nitrogens is 4. The van der Waals surface area contributed by atoms with E-state index in [0.717, 1.165) is 48.7 Å². The normalized spacial score (nSPS) is 17.2. The molecule has 0 aliphatic carbocycles. The number of hydrogen-bond acceptors (Lipinski definition) is 6. The highest BCUT2D eigenvalue weighted by molar-refractivity contribution is 5.68. The Balaban J connectivity index is 1.50. The molecule has 1 atom stereocenters. The van der Waals surface area contributed by atoms with Gasteiger partial charge in [0.2, 0.25) is 0 Å². The minimum Gasteiger partial charge on any atom is -0.482 e. The smallest absolute Gasteiger partial charge is 0.341 e. The number of likely N-dealkylation sites (tertiary alicyclic amines) is 1. The number of carbonyl (C=O) groups is 1. The minimum absolute atomic E-state index is 0.254. The largest absolute Gasteiger partial charge is 0.482 e. The maximum absolute atomic E-state index is 10.8. The molecule has 0 spiro atoms. The fraction of sp³-hybridized carbons (Fsp3) is 0.333. The van der Waals surface area contributed by atoms with Gasteiger partial charge in [-0.15, -0.1) is 0 Å². The first-order valence-corrected chi connectivity index (χ1v) is 9.66. The Morgan fingerprint density at radius 1 is 1.21 bits per heavy atom. The molecule has 3 aromatic rings. The van der Waals surface area contributed by atoms with Crippen molar-refractivity contribution in [2.45, 2.75) is 25.3 Å². The highest BCUT2D eigenvalue weighted by Gasteiger charge is 2.26. The first kappa shape index (κ1) is 19.1. The number of piperidine rings is 1. The molecule has 0 saturated carbocycles. The van der Waals surface area contributed by atoms with Gasteiger partial charge in [-0.3, -0.25) is 9.88 Å². The molecule has 29 heavy (non-hydrogen) atoms. The number of benzene rings is 1. The topological polar surface area (TPSA) is 104 Å². The summed E-state index contributed by atoms with van der Waals surface area (Å²) in [7, 11) is 0. The van der Waals surface area contributed by atoms with Crippen molar-refractivity contribution in [3.05, 3.63) is 60.3 Å². The third kappa shape index (κ3) is 4.60. The van der Waals surface area contributed by atoms with Crippen LogP contribution in [-0.2, 0) is 11.3 Å². The number of rotatable bonds is 7. The van der Waals surface area contributed by atoms with Crippen LogP contribution >= 0.6 is 0 Å². The molecular formula is C21H23N5O3. The van der Waals surface area contributed by atoms with E-state index < -0.39 is 5.97 Å². The standard InChI is InChI=1S/C21H23N5O3/c27-18(28)14-29-17-6-2-1-4-15(17)12-26-11-3-5-16(13-26)19-20(23-8-7-22-19)21-24-9-10-25-21/h1-2,4,6-10,16H,3,5,11-14H2,(H,24,25)(H,27,28)/t16-/m0/s1. The van der Waals surface area contributed by atoms with Gasteiger partial charge in [0.1, 0.15) is 11.4 Å². The monoisotopic (exact) mass is 393 g/mol. The number of para-hydroxylation sites is 1. The van der Waals surface area contributed by atoms with Crippen molar-refractivity contribution in [1.29, 1.82) is 0 Å². The fourth-order valence-electron chi connectivity index (χ4n) is 3.80. The van der Waals surface area contributed by atoms with Gasteiger partial charge in [0.15, 0.2) is 12.4 Å². The van der Waals surface area contributed by atoms with Crippen LogP contribution in [0, 0.1) is 0 Å². The predicted octanol–water partition coefficient (Wildman–Crippen LogP) is 2.71. The van der Waals surface area contributed by atoms with Crippen molar-refractivity contribution in [2.75, 3.05) is 19.7 Å². The Hall–Kier alpha value is -3.26. The van der Waals surface area contributed by atoms with Crippen LogP contribution in [0.2, 0.25) is 0 Å². The van der Waals surface area contributed by atoms with E-state index in [4.69, 9.17) is 9.84 Å². The van der Waals surface area contributed by atoms with E-state index in [9.17, 15) is 4.79 Å². The molecule has 0 radical (unpaired) electrons. The molecule has 0 bridgehead atoms. The summed E-state index contributed by atoms with van der Waals surface area (Å²) in [5.41, 5.74) is 2.75. The zero-order valence-corrected chi connectivity index (χ0v) is 16.0. The molecule has 4 rings (SSSR count). The van der Waals surface area contributed by atoms with Gasteiger partial charge < -0.3 is 14.8 Å². The molecule has 0 amide bonds. The Labute approximate surface area is 168 Å². The maximum atomic E-state index is 10.8. The molecule has 8 nitrogen and oxygen atoms in total. The lowest BCUT2D eigenvalue weighted by Crippen LogP contribution is -2.34. The number of aromatic amines is 1. The van der Waals surface area contributed by atoms with Gasteiger partial charge in [0, 0.05) is 49.4 Å². The van der Waals surface area contributed by atoms with Crippen LogP contribution < -0.4 is 4.74 Å². The average molecular weight is 393 g/mol. The Morgan fingerprint density at radius 3 is 2.90 bits per heavy atom. The highest BCUT2D eigenvalue weighted by Crippen LogP contribution is 2.32. The zero-order chi connectivity index (χ0) is 20.1. The molecule has 3 heterocycles. The first-order valence-electron chi connectivity index (χ1n) is 9.66. The number of H-pyrrole nitrogens is 1. The number of aliphatic carboxylic acids is 1. The second-order valence-corrected chi connectivity index (χ2v) is 7.09. The van der Waals surface area contributed by atoms with Crippen molar-refractivity contribution < 1.29 is 14.6 Å². The van der Waals surface area contributed by atoms with E-state index in [1.54, 1.807) is 24.8 Å². The maximum Gasteiger partial charge on any atom is 0.341 e. The van der Waals surface area contributed by atoms with E-state index in [0.29, 0.717) is 12.3 Å². The van der Waals surface area contributed by atoms with Crippen molar-refractivity contribution in [2.24, 2.45) is 0 Å². The molecule has 2 aromatic heterocycles. The molecular weight excluding hydrogens is 370 g/mol. The molecule has 1 aromatic carbocycles. The van der Waals surface area contributed by atoms with Crippen LogP contribution in [0.15, 0.2) is 49.1 Å². The van der Waals surface area contributed by atoms with Gasteiger partial charge in [-0.2, -0.15) is 0 Å². The summed E-state index contributed by atoms with van der Waals surface area (Å²) in [5, 5.41) is 8.90. The number of nitrogens with zero attached hydrogens (tertiary/aromatic N) is 4. The summed E-state index contributed by atoms with van der Waals surface area (Å²) in [6.07, 6.45) is 9.02. The predicted molar refractivity (Wildman–Crippen MR) is 106 cm³/mol. The summed E-state index contributed by atoms with van der Waals surface area (Å²) >= 11 is 0. The van der Waals surface area contributed by atoms with Gasteiger partial charge in [-0.1, -0.05) is 18.2 Å². The third-order valence-electron chi connectivity index (χ3n) is 5.06. The quantitative estimate of drug-likeness (QED) is 0.636. The zero-order valence-electron chi connectivity index (χ0n) is 16.0. The number of imidazole rings is 1. The van der Waals surface area contributed by atoms with E-state index in [1.807, 2.05) is 24.3 Å². The summed E-state index contributed by atoms with van der Waals surface area (Å²) in [6.45, 7) is 2.17. The molecule has 1 fully saturated rings. The molecule has 1 aliphatic heterocycles. The second-order valence-electron chi connectivity index (χ2n) is 7.09. The van der Waals surface area contributed by atoms with Crippen molar-refractivity contribution in [1.82, 2.24) is 24.8 Å². The van der Waals surface area contributed by atoms with E-state index in [2.05, 4.69) is 24.8 Å². The second kappa shape index (κ2) is 8.83. The molecule has 1 aliphatic rings. The molecule has 0 unspecified atom stereocenters. The lowest BCUT2D eigenvalue weighted by atomic mass is 9.92. The van der Waals surface area contributed by atoms with E-state index in [-0.39, 0.29) is 12.5 Å². The number of hydrogen-bond donors (Lipinski definition) is 2. The van der Waals surface area contributed by atoms with Crippen LogP contribution in [-0.4, -0.2) is 55.6 Å². The summed E-state index contributed by atoms with van der Waals surface area (Å²) in [5.74, 6) is 0.626. The Bertz CT molecular complexity index is 960. The van der Waals surface area contributed by atoms with Crippen LogP contribution in [0.25, 0.3) is 11.5 Å². The molecule has 8 heteroatoms. The highest BCUT2D eigenvalue weighted by atomic mass is 16.5. The van der Waals surface area contributed by atoms with Gasteiger partial charge >= 0.3 is 5.97 Å². The average Bonchev–Trinajstić information content (AvgIpc) is 3.28. The summed E-state index contributed by atoms with van der Waals surface area (Å²) in [6, 6.07) is 7.60. The SMILES string of the molecule is O=C(O)COc1ccccc1CN1CCC[C@H](c2nccnc2-c2ncc[nH]2)C1. The lowest BCUT2D eigenvalue weighted by Gasteiger charge is -2.33. The number of nitrogens with one attached hydrogen (secondary N) is 1. The van der Waals surface area contributed by atoms with E-state index in [1.165, 1.54) is 0 Å². The van der Waals surface area contributed by atoms with Gasteiger partial charge in [0.05, 0.1) is 5.69 Å². The van der Waals surface area contributed by atoms with Crippen molar-refractivity contribution >= 4 is 5.97 Å². The van der Waals surface area contributed by atoms with Crippen molar-refractivity contribution in [3.63, 3.8) is 0 Å². The fourth-order valence-corrected chi connectivity index (χ4v) is 3.80. The van der Waals surface area contributed by atoms with Crippen LogP contribution in [0.1, 0.15) is 30.0 Å². The van der Waals surface area contributed by atoms with Crippen molar-refractivity contribution in [3.8, 4) is 17.3 Å². The van der Waals surface area contributed by atoms with Crippen LogP contribution in [0.3, 0.4) is 0 Å². The number of ether oxygens (including phenoxy) is 1. The van der Waals surface area contributed by atoms with Gasteiger partial charge in [-0.25, -0.2) is 14.8 Å². The number of carboxylic acids is 1. The van der Waals surface area contributed by atoms with Gasteiger partial charge in [0.25, 0.3) is 0 Å². The summed E-state index contributed by atoms with van der Waals surface area (Å²) < 4.78 is 5.46. The minimum atomic E-state index is -0.981. The summed E-state index contributed by atoms with van der Waals surface area (Å²) in [4.78, 5) is 29.8. The Kier molecular flexibility index (Phi) is 5.81. The van der Waals surface area contributed by atoms with E-state index >= 15 is 0 Å². The number of carboxylic acid groups (broad SMARTS) is 1. The Morgan fingerprint density at radius 2 is 2.07 bits per heavy atom. The molecule has 1 saturated heterocycles. The van der Waals surface area contributed by atoms with Crippen LogP contribution in [0.4, 0.5) is 0 Å². The first-order chi connectivity index (χ1) is 14.2.